The van der Waals surface area contributed by atoms with Gasteiger partial charge in [0.05, 0.1) is 30.8 Å². The number of rotatable bonds is 9. The van der Waals surface area contributed by atoms with Gasteiger partial charge in [0, 0.05) is 25.6 Å². The Labute approximate surface area is 227 Å². The van der Waals surface area contributed by atoms with Gasteiger partial charge < -0.3 is 19.3 Å². The van der Waals surface area contributed by atoms with E-state index in [-0.39, 0.29) is 17.7 Å². The molecule has 0 atom stereocenters. The van der Waals surface area contributed by atoms with E-state index in [4.69, 9.17) is 14.5 Å². The van der Waals surface area contributed by atoms with Crippen molar-refractivity contribution in [2.45, 2.75) is 51.6 Å². The van der Waals surface area contributed by atoms with Crippen LogP contribution in [-0.4, -0.2) is 83.2 Å². The van der Waals surface area contributed by atoms with Crippen LogP contribution in [0.5, 0.6) is 5.88 Å². The number of alkyl halides is 2. The number of Topliss-reactive ketones (excluding diaryl/α,β-unsaturated/α-hetero) is 1. The van der Waals surface area contributed by atoms with Crippen molar-refractivity contribution in [3.05, 3.63) is 35.7 Å². The Bertz CT molecular complexity index is 1300. The van der Waals surface area contributed by atoms with Gasteiger partial charge >= 0.3 is 0 Å². The quantitative estimate of drug-likeness (QED) is 0.395. The van der Waals surface area contributed by atoms with Crippen LogP contribution in [0.15, 0.2) is 24.3 Å². The van der Waals surface area contributed by atoms with Crippen molar-refractivity contribution in [1.29, 1.82) is 0 Å². The minimum atomic E-state index is -2.78. The summed E-state index contributed by atoms with van der Waals surface area (Å²) in [5.74, 6) is 1.32. The van der Waals surface area contributed by atoms with E-state index in [1.165, 1.54) is 4.57 Å². The third-order valence-electron chi connectivity index (χ3n) is 7.32. The molecule has 0 radical (unpaired) electrons. The second-order valence-corrected chi connectivity index (χ2v) is 10.8. The van der Waals surface area contributed by atoms with E-state index in [9.17, 15) is 13.6 Å². The van der Waals surface area contributed by atoms with Gasteiger partial charge in [-0.3, -0.25) is 9.36 Å². The lowest BCUT2D eigenvalue weighted by Crippen LogP contribution is -2.37. The number of aryl methyl sites for hydroxylation is 1. The molecule has 0 unspecified atom stereocenters. The molecule has 2 aromatic heterocycles. The van der Waals surface area contributed by atoms with Gasteiger partial charge in [-0.1, -0.05) is 6.07 Å². The first kappa shape index (κ1) is 27.4. The number of hydrogen-bond donors (Lipinski definition) is 0. The largest absolute Gasteiger partial charge is 0.474 e. The molecular formula is C28H36F2N6O3. The molecule has 0 spiro atoms. The fourth-order valence-electron chi connectivity index (χ4n) is 5.44. The summed E-state index contributed by atoms with van der Waals surface area (Å²) in [6.07, 6.45) is 1.16. The van der Waals surface area contributed by atoms with Gasteiger partial charge in [-0.15, -0.1) is 0 Å². The summed E-state index contributed by atoms with van der Waals surface area (Å²) in [5, 5.41) is 0. The molecule has 11 heteroatoms. The average molecular weight is 543 g/mol. The van der Waals surface area contributed by atoms with Gasteiger partial charge in [-0.05, 0) is 70.3 Å². The number of aromatic nitrogens is 4. The van der Waals surface area contributed by atoms with E-state index in [1.54, 1.807) is 12.1 Å². The fraction of sp³-hybridized carbons (Fsp3) is 0.571. The third-order valence-corrected chi connectivity index (χ3v) is 7.32. The van der Waals surface area contributed by atoms with E-state index in [1.807, 2.05) is 43.0 Å². The van der Waals surface area contributed by atoms with E-state index < -0.39 is 6.43 Å². The van der Waals surface area contributed by atoms with Gasteiger partial charge in [-0.25, -0.2) is 13.8 Å². The second kappa shape index (κ2) is 11.9. The molecule has 0 N–H and O–H groups in total. The number of imidazole rings is 1. The summed E-state index contributed by atoms with van der Waals surface area (Å²) in [6, 6.07) is 7.07. The lowest BCUT2D eigenvalue weighted by molar-refractivity contribution is -0.120. The summed E-state index contributed by atoms with van der Waals surface area (Å²) in [4.78, 5) is 29.8. The van der Waals surface area contributed by atoms with Crippen molar-refractivity contribution >= 4 is 22.8 Å². The summed E-state index contributed by atoms with van der Waals surface area (Å²) < 4.78 is 41.6. The Balaban J connectivity index is 1.42. The van der Waals surface area contributed by atoms with E-state index in [2.05, 4.69) is 9.97 Å². The van der Waals surface area contributed by atoms with E-state index >= 15 is 0 Å². The number of ether oxygens (including phenoxy) is 2. The number of ketones is 1. The molecule has 1 saturated heterocycles. The maximum absolute atomic E-state index is 14.2. The highest BCUT2D eigenvalue weighted by molar-refractivity contribution is 5.80. The van der Waals surface area contributed by atoms with Crippen LogP contribution in [0, 0.1) is 12.8 Å². The molecular weight excluding hydrogens is 506 g/mol. The zero-order chi connectivity index (χ0) is 27.5. The summed E-state index contributed by atoms with van der Waals surface area (Å²) in [7, 11) is 3.81. The van der Waals surface area contributed by atoms with Crippen LogP contribution in [0.4, 0.5) is 14.7 Å². The Hall–Kier alpha value is -3.18. The van der Waals surface area contributed by atoms with Crippen molar-refractivity contribution in [2.75, 3.05) is 51.8 Å². The van der Waals surface area contributed by atoms with Gasteiger partial charge in [0.25, 0.3) is 6.43 Å². The predicted octanol–water partition coefficient (Wildman–Crippen LogP) is 4.36. The topological polar surface area (TPSA) is 85.6 Å². The third kappa shape index (κ3) is 6.52. The highest BCUT2D eigenvalue weighted by Gasteiger charge is 2.27. The average Bonchev–Trinajstić information content (AvgIpc) is 3.29. The molecule has 210 valence electrons. The molecule has 1 aliphatic carbocycles. The number of hydrogen-bond acceptors (Lipinski definition) is 8. The maximum atomic E-state index is 14.2. The summed E-state index contributed by atoms with van der Waals surface area (Å²) in [5.41, 5.74) is 1.97. The number of nitrogens with zero attached hydrogens (tertiary/aromatic N) is 6. The lowest BCUT2D eigenvalue weighted by Gasteiger charge is -2.30. The van der Waals surface area contributed by atoms with Crippen LogP contribution in [0.1, 0.15) is 49.9 Å². The summed E-state index contributed by atoms with van der Waals surface area (Å²) in [6.45, 7) is 4.65. The van der Waals surface area contributed by atoms with Crippen LogP contribution in [0.2, 0.25) is 0 Å². The summed E-state index contributed by atoms with van der Waals surface area (Å²) >= 11 is 0. The molecule has 0 bridgehead atoms. The molecule has 1 aliphatic heterocycles. The Kier molecular flexibility index (Phi) is 8.37. The number of fused-ring (bicyclic) bond motifs is 1. The Morgan fingerprint density at radius 1 is 1.10 bits per heavy atom. The van der Waals surface area contributed by atoms with Crippen molar-refractivity contribution in [2.24, 2.45) is 5.92 Å². The van der Waals surface area contributed by atoms with Crippen molar-refractivity contribution < 1.29 is 23.0 Å². The molecule has 1 aromatic carbocycles. The van der Waals surface area contributed by atoms with Crippen LogP contribution in [0.3, 0.4) is 0 Å². The molecule has 2 aliphatic rings. The standard InChI is InChI=1S/C28H36F2N6O3/c1-18-4-9-22-23(14-18)36(27(31-22)26(29)30)24-16-25(33-28(32-24)35-10-12-38-13-11-35)39-21-7-5-19(6-8-21)15-20(37)17-34(2)3/h4,9,14,16,19,21,26H,5-8,10-13,15,17H2,1-3H3. The SMILES string of the molecule is Cc1ccc2nc(C(F)F)n(-c3cc(OC4CCC(CC(=O)CN(C)C)CC4)nc(N4CCOCC4)n3)c2c1. The van der Waals surface area contributed by atoms with E-state index in [0.717, 1.165) is 31.2 Å². The van der Waals surface area contributed by atoms with Crippen molar-refractivity contribution in [3.8, 4) is 11.7 Å². The first-order valence-electron chi connectivity index (χ1n) is 13.6. The monoisotopic (exact) mass is 542 g/mol. The second-order valence-electron chi connectivity index (χ2n) is 10.8. The molecule has 2 fully saturated rings. The molecule has 3 aromatic rings. The minimum absolute atomic E-state index is 0.0677. The highest BCUT2D eigenvalue weighted by Crippen LogP contribution is 2.33. The zero-order valence-corrected chi connectivity index (χ0v) is 22.8. The number of halogens is 2. The first-order valence-corrected chi connectivity index (χ1v) is 13.6. The molecule has 3 heterocycles. The smallest absolute Gasteiger partial charge is 0.296 e. The zero-order valence-electron chi connectivity index (χ0n) is 22.8. The number of anilines is 1. The number of likely N-dealkylation sites (N-methyl/N-ethyl adjacent to an activating group) is 1. The van der Waals surface area contributed by atoms with Gasteiger partial charge in [0.15, 0.2) is 5.82 Å². The maximum Gasteiger partial charge on any atom is 0.296 e. The molecule has 1 saturated carbocycles. The number of carbonyl (C=O) groups excluding carboxylic acids is 1. The van der Waals surface area contributed by atoms with Crippen molar-refractivity contribution in [1.82, 2.24) is 24.4 Å². The normalized spacial score (nSPS) is 20.2. The van der Waals surface area contributed by atoms with Crippen LogP contribution < -0.4 is 9.64 Å². The van der Waals surface area contributed by atoms with Crippen LogP contribution in [-0.2, 0) is 9.53 Å². The number of morpholine rings is 1. The molecule has 5 rings (SSSR count). The Morgan fingerprint density at radius 3 is 2.54 bits per heavy atom. The predicted molar refractivity (Wildman–Crippen MR) is 144 cm³/mol. The number of benzene rings is 1. The van der Waals surface area contributed by atoms with Gasteiger partial charge in [-0.2, -0.15) is 9.97 Å². The molecule has 0 amide bonds. The van der Waals surface area contributed by atoms with E-state index in [0.29, 0.717) is 73.9 Å². The Morgan fingerprint density at radius 2 is 1.85 bits per heavy atom. The van der Waals surface area contributed by atoms with Crippen molar-refractivity contribution in [3.63, 3.8) is 0 Å². The molecule has 39 heavy (non-hydrogen) atoms. The van der Waals surface area contributed by atoms with Crippen LogP contribution >= 0.6 is 0 Å². The van der Waals surface area contributed by atoms with Crippen LogP contribution in [0.25, 0.3) is 16.9 Å². The fourth-order valence-corrected chi connectivity index (χ4v) is 5.44. The molecule has 9 nitrogen and oxygen atoms in total. The minimum Gasteiger partial charge on any atom is -0.474 e. The highest BCUT2D eigenvalue weighted by atomic mass is 19.3. The lowest BCUT2D eigenvalue weighted by atomic mass is 9.84. The van der Waals surface area contributed by atoms with Gasteiger partial charge in [0.1, 0.15) is 17.7 Å². The first-order chi connectivity index (χ1) is 18.8. The van der Waals surface area contributed by atoms with Gasteiger partial charge in [0.2, 0.25) is 11.8 Å². The number of carbonyl (C=O) groups is 1.